The number of rotatable bonds is 9. The first-order valence-corrected chi connectivity index (χ1v) is 13.8. The molecule has 0 radical (unpaired) electrons. The predicted molar refractivity (Wildman–Crippen MR) is 146 cm³/mol. The molecule has 1 amide bonds. The SMILES string of the molecule is Cc1noc(C)c1CC(=O)N1CCCC(COc2ccc(CN3CCN(Cc4cccnc4)CC3)cc2)C1. The summed E-state index contributed by atoms with van der Waals surface area (Å²) < 4.78 is 11.4. The van der Waals surface area contributed by atoms with Gasteiger partial charge in [-0.2, -0.15) is 0 Å². The fourth-order valence-electron chi connectivity index (χ4n) is 5.46. The quantitative estimate of drug-likeness (QED) is 0.427. The summed E-state index contributed by atoms with van der Waals surface area (Å²) in [7, 11) is 0. The van der Waals surface area contributed by atoms with Crippen LogP contribution in [-0.2, 0) is 24.3 Å². The summed E-state index contributed by atoms with van der Waals surface area (Å²) in [5.74, 6) is 2.12. The normalized spacial score (nSPS) is 19.0. The number of amides is 1. The maximum absolute atomic E-state index is 12.9. The van der Waals surface area contributed by atoms with Crippen LogP contribution in [0.15, 0.2) is 53.3 Å². The average Bonchev–Trinajstić information content (AvgIpc) is 3.26. The van der Waals surface area contributed by atoms with E-state index >= 15 is 0 Å². The van der Waals surface area contributed by atoms with E-state index < -0.39 is 0 Å². The van der Waals surface area contributed by atoms with Crippen molar-refractivity contribution in [3.63, 3.8) is 0 Å². The van der Waals surface area contributed by atoms with E-state index in [1.807, 2.05) is 37.2 Å². The van der Waals surface area contributed by atoms with E-state index in [0.29, 0.717) is 18.9 Å². The molecular formula is C30H39N5O3. The Balaban J connectivity index is 1.03. The number of ether oxygens (including phenoxy) is 1. The Labute approximate surface area is 225 Å². The van der Waals surface area contributed by atoms with Gasteiger partial charge in [0, 0.05) is 76.2 Å². The molecule has 1 aromatic carbocycles. The lowest BCUT2D eigenvalue weighted by Gasteiger charge is -2.34. The van der Waals surface area contributed by atoms with Gasteiger partial charge < -0.3 is 14.2 Å². The summed E-state index contributed by atoms with van der Waals surface area (Å²) in [6.07, 6.45) is 6.24. The number of hydrogen-bond acceptors (Lipinski definition) is 7. The Kier molecular flexibility index (Phi) is 8.71. The second-order valence-electron chi connectivity index (χ2n) is 10.7. The van der Waals surface area contributed by atoms with E-state index in [1.165, 1.54) is 11.1 Å². The van der Waals surface area contributed by atoms with Gasteiger partial charge in [-0.3, -0.25) is 19.6 Å². The maximum atomic E-state index is 12.9. The number of aromatic nitrogens is 2. The topological polar surface area (TPSA) is 74.9 Å². The van der Waals surface area contributed by atoms with Crippen LogP contribution in [0.4, 0.5) is 0 Å². The van der Waals surface area contributed by atoms with Crippen LogP contribution in [-0.4, -0.2) is 76.6 Å². The zero-order valence-electron chi connectivity index (χ0n) is 22.6. The van der Waals surface area contributed by atoms with E-state index in [0.717, 1.165) is 88.0 Å². The Bertz CT molecular complexity index is 1150. The molecule has 0 N–H and O–H groups in total. The van der Waals surface area contributed by atoms with Crippen molar-refractivity contribution in [2.75, 3.05) is 45.9 Å². The monoisotopic (exact) mass is 517 g/mol. The maximum Gasteiger partial charge on any atom is 0.227 e. The molecule has 3 aromatic rings. The standard InChI is InChI=1S/C30H39N5O3/c1-23-29(24(2)38-32-23)17-30(36)35-12-4-6-27(21-35)22-37-28-9-7-25(8-10-28)19-33-13-15-34(16-14-33)20-26-5-3-11-31-18-26/h3,5,7-11,18,27H,4,6,12-17,19-22H2,1-2H3. The molecule has 2 aliphatic rings. The molecule has 0 saturated carbocycles. The first-order valence-electron chi connectivity index (χ1n) is 13.8. The molecule has 5 rings (SSSR count). The van der Waals surface area contributed by atoms with E-state index in [-0.39, 0.29) is 5.91 Å². The molecule has 2 aromatic heterocycles. The second kappa shape index (κ2) is 12.5. The van der Waals surface area contributed by atoms with Crippen LogP contribution in [0.3, 0.4) is 0 Å². The molecule has 38 heavy (non-hydrogen) atoms. The van der Waals surface area contributed by atoms with Crippen LogP contribution in [0.25, 0.3) is 0 Å². The summed E-state index contributed by atoms with van der Waals surface area (Å²) in [6.45, 7) is 12.2. The number of piperazine rings is 1. The fourth-order valence-corrected chi connectivity index (χ4v) is 5.46. The molecule has 0 spiro atoms. The van der Waals surface area contributed by atoms with Gasteiger partial charge in [0.25, 0.3) is 0 Å². The molecule has 8 heteroatoms. The number of likely N-dealkylation sites (tertiary alicyclic amines) is 1. The van der Waals surface area contributed by atoms with Crippen molar-refractivity contribution in [2.24, 2.45) is 5.92 Å². The Hall–Kier alpha value is -3.23. The summed E-state index contributed by atoms with van der Waals surface area (Å²) in [4.78, 5) is 24.1. The summed E-state index contributed by atoms with van der Waals surface area (Å²) >= 11 is 0. The molecule has 1 unspecified atom stereocenters. The van der Waals surface area contributed by atoms with Crippen LogP contribution in [0.2, 0.25) is 0 Å². The number of nitrogens with zero attached hydrogens (tertiary/aromatic N) is 5. The highest BCUT2D eigenvalue weighted by molar-refractivity contribution is 5.79. The third kappa shape index (κ3) is 6.99. The molecule has 2 fully saturated rings. The molecule has 0 bridgehead atoms. The largest absolute Gasteiger partial charge is 0.493 e. The lowest BCUT2D eigenvalue weighted by atomic mass is 9.98. The van der Waals surface area contributed by atoms with Gasteiger partial charge in [0.15, 0.2) is 0 Å². The van der Waals surface area contributed by atoms with Crippen LogP contribution in [0.1, 0.15) is 41.0 Å². The van der Waals surface area contributed by atoms with Gasteiger partial charge in [-0.15, -0.1) is 0 Å². The fraction of sp³-hybridized carbons (Fsp3) is 0.500. The molecule has 2 saturated heterocycles. The number of benzene rings is 1. The van der Waals surface area contributed by atoms with Gasteiger partial charge in [-0.05, 0) is 56.0 Å². The molecule has 4 heterocycles. The molecule has 8 nitrogen and oxygen atoms in total. The third-order valence-corrected chi connectivity index (χ3v) is 7.79. The van der Waals surface area contributed by atoms with Gasteiger partial charge in [0.1, 0.15) is 11.5 Å². The van der Waals surface area contributed by atoms with Crippen molar-refractivity contribution in [2.45, 2.75) is 46.2 Å². The van der Waals surface area contributed by atoms with Crippen molar-refractivity contribution in [1.29, 1.82) is 0 Å². The molecular weight excluding hydrogens is 478 g/mol. The highest BCUT2D eigenvalue weighted by Crippen LogP contribution is 2.22. The molecule has 2 aliphatic heterocycles. The number of carbonyl (C=O) groups excluding carboxylic acids is 1. The number of pyridine rings is 1. The lowest BCUT2D eigenvalue weighted by Crippen LogP contribution is -2.45. The van der Waals surface area contributed by atoms with Crippen molar-refractivity contribution in [1.82, 2.24) is 24.8 Å². The Morgan fingerprint density at radius 3 is 2.39 bits per heavy atom. The van der Waals surface area contributed by atoms with E-state index in [1.54, 1.807) is 0 Å². The Morgan fingerprint density at radius 1 is 1.00 bits per heavy atom. The predicted octanol–water partition coefficient (Wildman–Crippen LogP) is 3.86. The first-order chi connectivity index (χ1) is 18.5. The van der Waals surface area contributed by atoms with Gasteiger partial charge >= 0.3 is 0 Å². The average molecular weight is 518 g/mol. The number of piperidine rings is 1. The minimum absolute atomic E-state index is 0.145. The van der Waals surface area contributed by atoms with Crippen molar-refractivity contribution in [3.8, 4) is 5.75 Å². The lowest BCUT2D eigenvalue weighted by molar-refractivity contribution is -0.132. The van der Waals surface area contributed by atoms with Crippen LogP contribution >= 0.6 is 0 Å². The first kappa shape index (κ1) is 26.4. The highest BCUT2D eigenvalue weighted by Gasteiger charge is 2.26. The molecule has 0 aliphatic carbocycles. The van der Waals surface area contributed by atoms with Gasteiger partial charge in [0.2, 0.25) is 5.91 Å². The number of hydrogen-bond donors (Lipinski definition) is 0. The van der Waals surface area contributed by atoms with Crippen molar-refractivity contribution in [3.05, 3.63) is 76.9 Å². The minimum Gasteiger partial charge on any atom is -0.493 e. The summed E-state index contributed by atoms with van der Waals surface area (Å²) in [6, 6.07) is 12.7. The number of aryl methyl sites for hydroxylation is 2. The third-order valence-electron chi connectivity index (χ3n) is 7.79. The van der Waals surface area contributed by atoms with E-state index in [2.05, 4.69) is 50.3 Å². The van der Waals surface area contributed by atoms with Crippen molar-refractivity contribution < 1.29 is 14.1 Å². The molecule has 202 valence electrons. The summed E-state index contributed by atoms with van der Waals surface area (Å²) in [5.41, 5.74) is 4.31. The Morgan fingerprint density at radius 2 is 1.74 bits per heavy atom. The van der Waals surface area contributed by atoms with E-state index in [4.69, 9.17) is 9.26 Å². The zero-order valence-corrected chi connectivity index (χ0v) is 22.6. The van der Waals surface area contributed by atoms with E-state index in [9.17, 15) is 4.79 Å². The van der Waals surface area contributed by atoms with Gasteiger partial charge in [-0.1, -0.05) is 23.4 Å². The minimum atomic E-state index is 0.145. The highest BCUT2D eigenvalue weighted by atomic mass is 16.5. The van der Waals surface area contributed by atoms with Crippen LogP contribution in [0.5, 0.6) is 5.75 Å². The summed E-state index contributed by atoms with van der Waals surface area (Å²) in [5, 5.41) is 3.98. The van der Waals surface area contributed by atoms with Crippen LogP contribution < -0.4 is 4.74 Å². The van der Waals surface area contributed by atoms with Gasteiger partial charge in [-0.25, -0.2) is 0 Å². The molecule has 1 atom stereocenters. The smallest absolute Gasteiger partial charge is 0.227 e. The number of carbonyl (C=O) groups is 1. The zero-order chi connectivity index (χ0) is 26.3. The van der Waals surface area contributed by atoms with Gasteiger partial charge in [0.05, 0.1) is 18.7 Å². The van der Waals surface area contributed by atoms with Crippen LogP contribution in [0, 0.1) is 19.8 Å². The van der Waals surface area contributed by atoms with Crippen molar-refractivity contribution >= 4 is 5.91 Å². The second-order valence-corrected chi connectivity index (χ2v) is 10.7.